The lowest BCUT2D eigenvalue weighted by Gasteiger charge is -2.38. The molecule has 21 heavy (non-hydrogen) atoms. The minimum atomic E-state index is -3.76. The number of anilines is 1. The van der Waals surface area contributed by atoms with Crippen molar-refractivity contribution in [3.63, 3.8) is 0 Å². The number of halogens is 1. The van der Waals surface area contributed by atoms with Crippen molar-refractivity contribution in [2.75, 3.05) is 12.8 Å². The molecule has 1 fully saturated rings. The van der Waals surface area contributed by atoms with E-state index in [4.69, 9.17) is 5.73 Å². The van der Waals surface area contributed by atoms with E-state index in [9.17, 15) is 12.8 Å². The highest BCUT2D eigenvalue weighted by molar-refractivity contribution is 7.89. The fourth-order valence-corrected chi connectivity index (χ4v) is 4.38. The minimum absolute atomic E-state index is 0.0503. The summed E-state index contributed by atoms with van der Waals surface area (Å²) in [4.78, 5) is -0.144. The number of nitrogen functional groups attached to an aromatic ring is 1. The Bertz CT molecular complexity index is 619. The number of para-hydroxylation sites is 1. The second-order valence-corrected chi connectivity index (χ2v) is 8.53. The molecule has 1 aliphatic rings. The number of nitrogens with zero attached hydrogens (tertiary/aromatic N) is 1. The first-order valence-electron chi connectivity index (χ1n) is 7.17. The standard InChI is InChI=1S/C15H23FN2O2S/c1-15(2)9-7-11(8-10-15)18(3)21(19,20)13-6-4-5-12(16)14(13)17/h4-6,11H,7-10,17H2,1-3H3. The van der Waals surface area contributed by atoms with Crippen molar-refractivity contribution in [3.8, 4) is 0 Å². The zero-order chi connectivity index (χ0) is 15.8. The summed E-state index contributed by atoms with van der Waals surface area (Å²) in [6.07, 6.45) is 3.60. The molecule has 1 saturated carbocycles. The van der Waals surface area contributed by atoms with E-state index >= 15 is 0 Å². The van der Waals surface area contributed by atoms with Crippen LogP contribution < -0.4 is 5.73 Å². The van der Waals surface area contributed by atoms with Crippen molar-refractivity contribution in [2.24, 2.45) is 5.41 Å². The molecule has 1 aliphatic carbocycles. The number of nitrogens with two attached hydrogens (primary N) is 1. The average molecular weight is 314 g/mol. The molecule has 0 amide bonds. The quantitative estimate of drug-likeness (QED) is 0.872. The summed E-state index contributed by atoms with van der Waals surface area (Å²) < 4.78 is 40.2. The Morgan fingerprint density at radius 1 is 1.29 bits per heavy atom. The Balaban J connectivity index is 2.26. The molecular weight excluding hydrogens is 291 g/mol. The molecule has 4 nitrogen and oxygen atoms in total. The van der Waals surface area contributed by atoms with E-state index in [1.54, 1.807) is 7.05 Å². The molecule has 0 saturated heterocycles. The van der Waals surface area contributed by atoms with Gasteiger partial charge in [-0.3, -0.25) is 0 Å². The van der Waals surface area contributed by atoms with Gasteiger partial charge in [0.2, 0.25) is 10.0 Å². The summed E-state index contributed by atoms with van der Waals surface area (Å²) in [6, 6.07) is 3.84. The van der Waals surface area contributed by atoms with Crippen molar-refractivity contribution >= 4 is 15.7 Å². The Hall–Kier alpha value is -1.14. The summed E-state index contributed by atoms with van der Waals surface area (Å²) in [7, 11) is -2.20. The highest BCUT2D eigenvalue weighted by atomic mass is 32.2. The monoisotopic (exact) mass is 314 g/mol. The molecule has 0 aliphatic heterocycles. The van der Waals surface area contributed by atoms with Gasteiger partial charge in [-0.05, 0) is 43.2 Å². The van der Waals surface area contributed by atoms with Gasteiger partial charge >= 0.3 is 0 Å². The Morgan fingerprint density at radius 3 is 2.43 bits per heavy atom. The lowest BCUT2D eigenvalue weighted by atomic mass is 9.76. The van der Waals surface area contributed by atoms with Crippen LogP contribution in [0.4, 0.5) is 10.1 Å². The van der Waals surface area contributed by atoms with Crippen LogP contribution in [0.15, 0.2) is 23.1 Å². The summed E-state index contributed by atoms with van der Waals surface area (Å²) in [5.41, 5.74) is 5.56. The second-order valence-electron chi connectivity index (χ2n) is 6.57. The zero-order valence-electron chi connectivity index (χ0n) is 12.8. The molecule has 1 aromatic rings. The van der Waals surface area contributed by atoms with Gasteiger partial charge in [-0.2, -0.15) is 4.31 Å². The van der Waals surface area contributed by atoms with E-state index in [2.05, 4.69) is 13.8 Å². The minimum Gasteiger partial charge on any atom is -0.395 e. The largest absolute Gasteiger partial charge is 0.395 e. The Labute approximate surface area is 126 Å². The smallest absolute Gasteiger partial charge is 0.245 e. The third-order valence-corrected chi connectivity index (χ3v) is 6.46. The zero-order valence-corrected chi connectivity index (χ0v) is 13.6. The molecule has 0 radical (unpaired) electrons. The van der Waals surface area contributed by atoms with Gasteiger partial charge in [0.25, 0.3) is 0 Å². The normalized spacial score (nSPS) is 19.9. The van der Waals surface area contributed by atoms with Gasteiger partial charge in [0.1, 0.15) is 10.7 Å². The highest BCUT2D eigenvalue weighted by Crippen LogP contribution is 2.38. The molecule has 0 aromatic heterocycles. The lowest BCUT2D eigenvalue weighted by Crippen LogP contribution is -2.41. The first-order chi connectivity index (χ1) is 9.65. The molecule has 0 spiro atoms. The van der Waals surface area contributed by atoms with Gasteiger partial charge in [0.15, 0.2) is 0 Å². The molecule has 118 valence electrons. The lowest BCUT2D eigenvalue weighted by molar-refractivity contribution is 0.174. The average Bonchev–Trinajstić information content (AvgIpc) is 2.41. The summed E-state index contributed by atoms with van der Waals surface area (Å²) in [5, 5.41) is 0. The molecule has 0 heterocycles. The molecule has 0 unspecified atom stereocenters. The van der Waals surface area contributed by atoms with E-state index in [0.29, 0.717) is 0 Å². The van der Waals surface area contributed by atoms with Crippen LogP contribution in [0, 0.1) is 11.2 Å². The van der Waals surface area contributed by atoms with Crippen LogP contribution in [-0.2, 0) is 10.0 Å². The van der Waals surface area contributed by atoms with Gasteiger partial charge < -0.3 is 5.73 Å². The van der Waals surface area contributed by atoms with Crippen LogP contribution in [0.5, 0.6) is 0 Å². The SMILES string of the molecule is CN(C1CCC(C)(C)CC1)S(=O)(=O)c1cccc(F)c1N. The first kappa shape index (κ1) is 16.2. The maximum absolute atomic E-state index is 13.5. The Kier molecular flexibility index (Phi) is 4.31. The summed E-state index contributed by atoms with van der Waals surface area (Å²) >= 11 is 0. The number of rotatable bonds is 3. The molecule has 1 aromatic carbocycles. The van der Waals surface area contributed by atoms with Gasteiger partial charge in [0.05, 0.1) is 5.69 Å². The first-order valence-corrected chi connectivity index (χ1v) is 8.61. The van der Waals surface area contributed by atoms with Crippen LogP contribution in [0.25, 0.3) is 0 Å². The molecule has 0 atom stereocenters. The number of hydrogen-bond donors (Lipinski definition) is 1. The van der Waals surface area contributed by atoms with Crippen LogP contribution in [0.2, 0.25) is 0 Å². The number of sulfonamides is 1. The Morgan fingerprint density at radius 2 is 1.86 bits per heavy atom. The van der Waals surface area contributed by atoms with Crippen molar-refractivity contribution < 1.29 is 12.8 Å². The van der Waals surface area contributed by atoms with E-state index in [1.165, 1.54) is 16.4 Å². The molecular formula is C15H23FN2O2S. The van der Waals surface area contributed by atoms with Gasteiger partial charge in [-0.1, -0.05) is 19.9 Å². The van der Waals surface area contributed by atoms with Crippen LogP contribution in [0.3, 0.4) is 0 Å². The third-order valence-electron chi connectivity index (χ3n) is 4.49. The van der Waals surface area contributed by atoms with Crippen molar-refractivity contribution in [1.29, 1.82) is 0 Å². The fraction of sp³-hybridized carbons (Fsp3) is 0.600. The maximum atomic E-state index is 13.5. The number of hydrogen-bond acceptors (Lipinski definition) is 3. The van der Waals surface area contributed by atoms with E-state index in [-0.39, 0.29) is 22.0 Å². The molecule has 2 rings (SSSR count). The molecule has 0 bridgehead atoms. The predicted molar refractivity (Wildman–Crippen MR) is 81.8 cm³/mol. The number of benzene rings is 1. The van der Waals surface area contributed by atoms with E-state index in [0.717, 1.165) is 31.7 Å². The van der Waals surface area contributed by atoms with Crippen LogP contribution in [0.1, 0.15) is 39.5 Å². The topological polar surface area (TPSA) is 63.4 Å². The summed E-state index contributed by atoms with van der Waals surface area (Å²) in [5.74, 6) is -0.700. The third kappa shape index (κ3) is 3.21. The summed E-state index contributed by atoms with van der Waals surface area (Å²) in [6.45, 7) is 4.39. The van der Waals surface area contributed by atoms with E-state index in [1.807, 2.05) is 0 Å². The maximum Gasteiger partial charge on any atom is 0.245 e. The fourth-order valence-electron chi connectivity index (χ4n) is 2.84. The van der Waals surface area contributed by atoms with Crippen LogP contribution in [-0.4, -0.2) is 25.8 Å². The van der Waals surface area contributed by atoms with Gasteiger partial charge in [0, 0.05) is 13.1 Å². The predicted octanol–water partition coefficient (Wildman–Crippen LogP) is 3.00. The molecule has 6 heteroatoms. The molecule has 2 N–H and O–H groups in total. The van der Waals surface area contributed by atoms with Crippen molar-refractivity contribution in [3.05, 3.63) is 24.0 Å². The van der Waals surface area contributed by atoms with Gasteiger partial charge in [-0.25, -0.2) is 12.8 Å². The second kappa shape index (κ2) is 5.57. The van der Waals surface area contributed by atoms with E-state index < -0.39 is 15.8 Å². The van der Waals surface area contributed by atoms with Crippen LogP contribution >= 0.6 is 0 Å². The van der Waals surface area contributed by atoms with Gasteiger partial charge in [-0.15, -0.1) is 0 Å². The van der Waals surface area contributed by atoms with Crippen molar-refractivity contribution in [1.82, 2.24) is 4.31 Å². The van der Waals surface area contributed by atoms with Crippen molar-refractivity contribution in [2.45, 2.75) is 50.5 Å². The highest BCUT2D eigenvalue weighted by Gasteiger charge is 2.35.